The zero-order chi connectivity index (χ0) is 13.9. The van der Waals surface area contributed by atoms with Crippen molar-refractivity contribution in [1.29, 1.82) is 5.26 Å². The Bertz CT molecular complexity index is 541. The van der Waals surface area contributed by atoms with E-state index in [4.69, 9.17) is 5.26 Å². The summed E-state index contributed by atoms with van der Waals surface area (Å²) in [5, 5.41) is 11.8. The highest BCUT2D eigenvalue weighted by atomic mass is 16.2. The highest BCUT2D eigenvalue weighted by molar-refractivity contribution is 5.87. The fourth-order valence-electron chi connectivity index (χ4n) is 3.13. The predicted molar refractivity (Wildman–Crippen MR) is 76.1 cm³/mol. The van der Waals surface area contributed by atoms with Crippen LogP contribution < -0.4 is 5.32 Å². The molecule has 4 heteroatoms. The van der Waals surface area contributed by atoms with Crippen molar-refractivity contribution in [2.45, 2.75) is 31.2 Å². The Morgan fingerprint density at radius 3 is 2.80 bits per heavy atom. The van der Waals surface area contributed by atoms with Crippen molar-refractivity contribution >= 4 is 5.91 Å². The maximum atomic E-state index is 12.3. The molecule has 0 spiro atoms. The van der Waals surface area contributed by atoms with Gasteiger partial charge in [0, 0.05) is 19.1 Å². The van der Waals surface area contributed by atoms with Crippen molar-refractivity contribution in [3.8, 4) is 6.07 Å². The van der Waals surface area contributed by atoms with E-state index in [9.17, 15) is 4.79 Å². The predicted octanol–water partition coefficient (Wildman–Crippen LogP) is 1.43. The van der Waals surface area contributed by atoms with Gasteiger partial charge in [0.1, 0.15) is 0 Å². The lowest BCUT2D eigenvalue weighted by atomic mass is 9.77. The molecule has 1 fully saturated rings. The number of rotatable bonds is 3. The molecule has 1 aliphatic heterocycles. The van der Waals surface area contributed by atoms with Gasteiger partial charge in [0.2, 0.25) is 5.91 Å². The van der Waals surface area contributed by atoms with Crippen LogP contribution >= 0.6 is 0 Å². The number of hydrogen-bond donors (Lipinski definition) is 1. The fourth-order valence-corrected chi connectivity index (χ4v) is 3.13. The van der Waals surface area contributed by atoms with Gasteiger partial charge < -0.3 is 5.32 Å². The number of carbonyl (C=O) groups excluding carboxylic acids is 1. The standard InChI is InChI=1S/C16H19N3O/c17-7-10-19-8-5-13(6-9-19)18-16(20)15-11-12-3-1-2-4-14(12)15/h1-4,13,15H,5-6,8-11H2,(H,18,20). The van der Waals surface area contributed by atoms with Crippen LogP contribution in [-0.2, 0) is 11.2 Å². The van der Waals surface area contributed by atoms with Crippen LogP contribution in [0.15, 0.2) is 24.3 Å². The van der Waals surface area contributed by atoms with Crippen molar-refractivity contribution in [3.05, 3.63) is 35.4 Å². The van der Waals surface area contributed by atoms with E-state index in [0.717, 1.165) is 32.4 Å². The molecule has 0 saturated carbocycles. The Kier molecular flexibility index (Phi) is 3.70. The first-order valence-corrected chi connectivity index (χ1v) is 7.25. The minimum Gasteiger partial charge on any atom is -0.353 e. The molecule has 0 radical (unpaired) electrons. The van der Waals surface area contributed by atoms with E-state index in [1.54, 1.807) is 0 Å². The maximum Gasteiger partial charge on any atom is 0.228 e. The highest BCUT2D eigenvalue weighted by Gasteiger charge is 2.33. The molecular formula is C16H19N3O. The minimum atomic E-state index is 0.0448. The molecule has 104 valence electrons. The summed E-state index contributed by atoms with van der Waals surface area (Å²) in [6.45, 7) is 2.30. The van der Waals surface area contributed by atoms with Crippen molar-refractivity contribution in [2.75, 3.05) is 19.6 Å². The lowest BCUT2D eigenvalue weighted by Gasteiger charge is -2.34. The number of carbonyl (C=O) groups is 1. The number of likely N-dealkylation sites (tertiary alicyclic amines) is 1. The molecular weight excluding hydrogens is 250 g/mol. The average Bonchev–Trinajstić information content (AvgIpc) is 2.43. The number of piperidine rings is 1. The molecule has 4 nitrogen and oxygen atoms in total. The molecule has 1 atom stereocenters. The number of hydrogen-bond acceptors (Lipinski definition) is 3. The molecule has 0 aromatic heterocycles. The number of nitriles is 1. The Morgan fingerprint density at radius 1 is 1.35 bits per heavy atom. The molecule has 1 aliphatic carbocycles. The Labute approximate surface area is 119 Å². The highest BCUT2D eigenvalue weighted by Crippen LogP contribution is 2.35. The molecule has 2 aliphatic rings. The quantitative estimate of drug-likeness (QED) is 0.845. The van der Waals surface area contributed by atoms with Gasteiger partial charge in [-0.25, -0.2) is 0 Å². The molecule has 0 bridgehead atoms. The lowest BCUT2D eigenvalue weighted by molar-refractivity contribution is -0.124. The molecule has 1 unspecified atom stereocenters. The largest absolute Gasteiger partial charge is 0.353 e. The molecule has 1 aromatic carbocycles. The van der Waals surface area contributed by atoms with Gasteiger partial charge in [-0.15, -0.1) is 0 Å². The van der Waals surface area contributed by atoms with Gasteiger partial charge in [0.15, 0.2) is 0 Å². The summed E-state index contributed by atoms with van der Waals surface area (Å²) in [7, 11) is 0. The van der Waals surface area contributed by atoms with E-state index in [-0.39, 0.29) is 17.9 Å². The van der Waals surface area contributed by atoms with Crippen LogP contribution in [0.25, 0.3) is 0 Å². The lowest BCUT2D eigenvalue weighted by Crippen LogP contribution is -2.47. The minimum absolute atomic E-state index is 0.0448. The van der Waals surface area contributed by atoms with E-state index in [1.807, 2.05) is 12.1 Å². The second kappa shape index (κ2) is 5.64. The molecule has 20 heavy (non-hydrogen) atoms. The summed E-state index contributed by atoms with van der Waals surface area (Å²) in [6, 6.07) is 10.6. The van der Waals surface area contributed by atoms with Crippen LogP contribution in [0.1, 0.15) is 29.9 Å². The van der Waals surface area contributed by atoms with Crippen LogP contribution in [0.4, 0.5) is 0 Å². The monoisotopic (exact) mass is 269 g/mol. The molecule has 1 saturated heterocycles. The number of fused-ring (bicyclic) bond motifs is 1. The van der Waals surface area contributed by atoms with Gasteiger partial charge in [-0.3, -0.25) is 9.69 Å². The van der Waals surface area contributed by atoms with E-state index in [2.05, 4.69) is 28.4 Å². The Morgan fingerprint density at radius 2 is 2.10 bits per heavy atom. The average molecular weight is 269 g/mol. The Hall–Kier alpha value is -1.86. The van der Waals surface area contributed by atoms with Crippen LogP contribution in [0, 0.1) is 11.3 Å². The fraction of sp³-hybridized carbons (Fsp3) is 0.500. The summed E-state index contributed by atoms with van der Waals surface area (Å²) in [6.07, 6.45) is 2.76. The van der Waals surface area contributed by atoms with Crippen molar-refractivity contribution in [3.63, 3.8) is 0 Å². The number of nitrogens with zero attached hydrogens (tertiary/aromatic N) is 2. The van der Waals surface area contributed by atoms with Crippen molar-refractivity contribution in [2.24, 2.45) is 0 Å². The summed E-state index contributed by atoms with van der Waals surface area (Å²) in [5.41, 5.74) is 2.49. The first-order valence-electron chi connectivity index (χ1n) is 7.25. The summed E-state index contributed by atoms with van der Waals surface area (Å²) in [4.78, 5) is 14.4. The summed E-state index contributed by atoms with van der Waals surface area (Å²) < 4.78 is 0. The van der Waals surface area contributed by atoms with Gasteiger partial charge in [-0.2, -0.15) is 5.26 Å². The number of amides is 1. The molecule has 1 aromatic rings. The normalized spacial score (nSPS) is 22.4. The third-order valence-electron chi connectivity index (χ3n) is 4.40. The van der Waals surface area contributed by atoms with E-state index in [0.29, 0.717) is 6.54 Å². The van der Waals surface area contributed by atoms with Gasteiger partial charge in [0.25, 0.3) is 0 Å². The molecule has 3 rings (SSSR count). The van der Waals surface area contributed by atoms with Crippen LogP contribution in [0.2, 0.25) is 0 Å². The van der Waals surface area contributed by atoms with Crippen molar-refractivity contribution < 1.29 is 4.79 Å². The topological polar surface area (TPSA) is 56.1 Å². The van der Waals surface area contributed by atoms with Gasteiger partial charge in [-0.1, -0.05) is 24.3 Å². The maximum absolute atomic E-state index is 12.3. The first kappa shape index (κ1) is 13.1. The van der Waals surface area contributed by atoms with Gasteiger partial charge >= 0.3 is 0 Å². The number of benzene rings is 1. The Balaban J connectivity index is 1.51. The van der Waals surface area contributed by atoms with Gasteiger partial charge in [0.05, 0.1) is 18.5 Å². The third-order valence-corrected chi connectivity index (χ3v) is 4.40. The SMILES string of the molecule is N#CCN1CCC(NC(=O)C2Cc3ccccc32)CC1. The smallest absolute Gasteiger partial charge is 0.228 e. The third kappa shape index (κ3) is 2.54. The van der Waals surface area contributed by atoms with Crippen molar-refractivity contribution in [1.82, 2.24) is 10.2 Å². The second-order valence-electron chi connectivity index (χ2n) is 5.67. The first-order chi connectivity index (χ1) is 9.78. The molecule has 1 heterocycles. The van der Waals surface area contributed by atoms with E-state index in [1.165, 1.54) is 11.1 Å². The summed E-state index contributed by atoms with van der Waals surface area (Å²) >= 11 is 0. The van der Waals surface area contributed by atoms with E-state index < -0.39 is 0 Å². The zero-order valence-corrected chi connectivity index (χ0v) is 11.5. The molecule has 1 amide bonds. The van der Waals surface area contributed by atoms with Crippen LogP contribution in [0.5, 0.6) is 0 Å². The van der Waals surface area contributed by atoms with Crippen LogP contribution in [-0.4, -0.2) is 36.5 Å². The zero-order valence-electron chi connectivity index (χ0n) is 11.5. The van der Waals surface area contributed by atoms with Gasteiger partial charge in [-0.05, 0) is 30.4 Å². The number of nitrogens with one attached hydrogen (secondary N) is 1. The second-order valence-corrected chi connectivity index (χ2v) is 5.67. The summed E-state index contributed by atoms with van der Waals surface area (Å²) in [5.74, 6) is 0.214. The van der Waals surface area contributed by atoms with E-state index >= 15 is 0 Å². The molecule has 1 N–H and O–H groups in total. The van der Waals surface area contributed by atoms with Crippen LogP contribution in [0.3, 0.4) is 0 Å².